The Bertz CT molecular complexity index is 109. The van der Waals surface area contributed by atoms with E-state index in [1.54, 1.807) is 0 Å². The first-order chi connectivity index (χ1) is 3.56. The maximum atomic E-state index is 3.02. The number of rotatable bonds is 0. The summed E-state index contributed by atoms with van der Waals surface area (Å²) in [6, 6.07) is 0. The summed E-state index contributed by atoms with van der Waals surface area (Å²) in [6.07, 6.45) is 0.996. The van der Waals surface area contributed by atoms with E-state index in [0.717, 1.165) is 6.42 Å². The fraction of sp³-hybridized carbons (Fsp3) is 0.714. The first-order valence-electron chi connectivity index (χ1n) is 2.65. The van der Waals surface area contributed by atoms with Gasteiger partial charge in [0.05, 0.1) is 0 Å². The monoisotopic (exact) mass is 222 g/mol. The van der Waals surface area contributed by atoms with Crippen LogP contribution in [0.15, 0.2) is 0 Å². The van der Waals surface area contributed by atoms with Crippen molar-refractivity contribution in [2.24, 2.45) is 5.41 Å². The van der Waals surface area contributed by atoms with Crippen molar-refractivity contribution in [3.05, 3.63) is 0 Å². The van der Waals surface area contributed by atoms with Gasteiger partial charge < -0.3 is 0 Å². The SMILES string of the molecule is CC(C)(C)CC#CI. The van der Waals surface area contributed by atoms with Crippen LogP contribution >= 0.6 is 22.6 Å². The third-order valence-corrected chi connectivity index (χ3v) is 1.07. The Hall–Kier alpha value is 0.290. The molecule has 0 atom stereocenters. The molecule has 0 nitrogen and oxygen atoms in total. The summed E-state index contributed by atoms with van der Waals surface area (Å²) in [6.45, 7) is 6.57. The minimum Gasteiger partial charge on any atom is -0.0913 e. The van der Waals surface area contributed by atoms with E-state index in [2.05, 4.69) is 53.2 Å². The lowest BCUT2D eigenvalue weighted by Gasteiger charge is -2.12. The van der Waals surface area contributed by atoms with Gasteiger partial charge in [0, 0.05) is 29.0 Å². The van der Waals surface area contributed by atoms with E-state index in [1.807, 2.05) is 0 Å². The summed E-state index contributed by atoms with van der Waals surface area (Å²) in [4.78, 5) is 0. The predicted molar refractivity (Wildman–Crippen MR) is 45.9 cm³/mol. The predicted octanol–water partition coefficient (Wildman–Crippen LogP) is 2.82. The van der Waals surface area contributed by atoms with Gasteiger partial charge in [0.1, 0.15) is 0 Å². The second-order valence-corrected chi connectivity index (χ2v) is 3.55. The number of hydrogen-bond acceptors (Lipinski definition) is 0. The van der Waals surface area contributed by atoms with Crippen LogP contribution in [0.5, 0.6) is 0 Å². The van der Waals surface area contributed by atoms with Crippen LogP contribution in [-0.2, 0) is 0 Å². The third-order valence-electron chi connectivity index (χ3n) is 0.686. The van der Waals surface area contributed by atoms with Gasteiger partial charge in [-0.25, -0.2) is 0 Å². The quantitative estimate of drug-likeness (QED) is 0.436. The van der Waals surface area contributed by atoms with Crippen LogP contribution < -0.4 is 0 Å². The second kappa shape index (κ2) is 3.34. The average molecular weight is 222 g/mol. The molecule has 0 heterocycles. The zero-order valence-electron chi connectivity index (χ0n) is 5.59. The van der Waals surface area contributed by atoms with Gasteiger partial charge in [-0.3, -0.25) is 0 Å². The van der Waals surface area contributed by atoms with Gasteiger partial charge >= 0.3 is 0 Å². The van der Waals surface area contributed by atoms with Crippen LogP contribution in [0.25, 0.3) is 0 Å². The molecule has 0 fully saturated rings. The van der Waals surface area contributed by atoms with Crippen LogP contribution in [0.1, 0.15) is 27.2 Å². The summed E-state index contributed by atoms with van der Waals surface area (Å²) in [7, 11) is 0. The first-order valence-corrected chi connectivity index (χ1v) is 3.72. The molecule has 0 saturated carbocycles. The Morgan fingerprint density at radius 1 is 1.38 bits per heavy atom. The Morgan fingerprint density at radius 2 is 1.88 bits per heavy atom. The highest BCUT2D eigenvalue weighted by Gasteiger charge is 2.05. The highest BCUT2D eigenvalue weighted by molar-refractivity contribution is 14.1. The zero-order chi connectivity index (χ0) is 6.62. The summed E-state index contributed by atoms with van der Waals surface area (Å²) < 4.78 is 2.84. The van der Waals surface area contributed by atoms with Crippen molar-refractivity contribution in [1.29, 1.82) is 0 Å². The lowest BCUT2D eigenvalue weighted by Crippen LogP contribution is -2.01. The van der Waals surface area contributed by atoms with E-state index in [-0.39, 0.29) is 0 Å². The molecule has 0 unspecified atom stereocenters. The van der Waals surface area contributed by atoms with Crippen molar-refractivity contribution in [3.8, 4) is 9.85 Å². The molecule has 0 radical (unpaired) electrons. The van der Waals surface area contributed by atoms with Gasteiger partial charge in [0.15, 0.2) is 0 Å². The fourth-order valence-corrected chi connectivity index (χ4v) is 0.489. The second-order valence-electron chi connectivity index (χ2n) is 3.01. The summed E-state index contributed by atoms with van der Waals surface area (Å²) in [5.41, 5.74) is 0.373. The molecule has 0 N–H and O–H groups in total. The van der Waals surface area contributed by atoms with Crippen LogP contribution in [0.2, 0.25) is 0 Å². The smallest absolute Gasteiger partial charge is 0.0181 e. The van der Waals surface area contributed by atoms with Crippen LogP contribution in [0, 0.1) is 15.3 Å². The molecule has 0 aliphatic carbocycles. The van der Waals surface area contributed by atoms with Crippen LogP contribution in [0.3, 0.4) is 0 Å². The van der Waals surface area contributed by atoms with Crippen molar-refractivity contribution in [2.75, 3.05) is 0 Å². The van der Waals surface area contributed by atoms with Gasteiger partial charge in [-0.15, -0.1) is 0 Å². The lowest BCUT2D eigenvalue weighted by atomic mass is 9.93. The maximum absolute atomic E-state index is 3.02. The summed E-state index contributed by atoms with van der Waals surface area (Å²) in [5.74, 6) is 3.02. The molecule has 0 bridgehead atoms. The Morgan fingerprint density at radius 3 is 2.00 bits per heavy atom. The molecule has 8 heavy (non-hydrogen) atoms. The molecule has 1 heteroatoms. The molecule has 0 rings (SSSR count). The standard InChI is InChI=1S/C7H11I/c1-7(2,3)5-4-6-8/h5H2,1-3H3. The molecule has 0 spiro atoms. The van der Waals surface area contributed by atoms with E-state index in [9.17, 15) is 0 Å². The highest BCUT2D eigenvalue weighted by Crippen LogP contribution is 2.16. The van der Waals surface area contributed by atoms with E-state index in [1.165, 1.54) is 0 Å². The lowest BCUT2D eigenvalue weighted by molar-refractivity contribution is 0.428. The Labute approximate surface area is 65.2 Å². The number of hydrogen-bond donors (Lipinski definition) is 0. The largest absolute Gasteiger partial charge is 0.0913 e. The van der Waals surface area contributed by atoms with Gasteiger partial charge in [-0.05, 0) is 9.34 Å². The Balaban J connectivity index is 3.50. The molecular formula is C7H11I. The molecule has 0 aromatic carbocycles. The van der Waals surface area contributed by atoms with E-state index in [0.29, 0.717) is 5.41 Å². The molecule has 0 saturated heterocycles. The fourth-order valence-electron chi connectivity index (χ4n) is 0.299. The molecule has 0 amide bonds. The summed E-state index contributed by atoms with van der Waals surface area (Å²) in [5, 5.41) is 0. The van der Waals surface area contributed by atoms with Crippen molar-refractivity contribution >= 4 is 22.6 Å². The topological polar surface area (TPSA) is 0 Å². The Kier molecular flexibility index (Phi) is 3.46. The zero-order valence-corrected chi connectivity index (χ0v) is 7.74. The van der Waals surface area contributed by atoms with E-state index >= 15 is 0 Å². The molecule has 46 valence electrons. The van der Waals surface area contributed by atoms with E-state index < -0.39 is 0 Å². The average Bonchev–Trinajstić information content (AvgIpc) is 1.59. The normalized spacial score (nSPS) is 10.0. The molecule has 0 aromatic rings. The third kappa shape index (κ3) is 6.29. The summed E-state index contributed by atoms with van der Waals surface area (Å²) >= 11 is 2.07. The molecular weight excluding hydrogens is 211 g/mol. The van der Waals surface area contributed by atoms with Crippen LogP contribution in [0.4, 0.5) is 0 Å². The van der Waals surface area contributed by atoms with Crippen molar-refractivity contribution in [2.45, 2.75) is 27.2 Å². The van der Waals surface area contributed by atoms with E-state index in [4.69, 9.17) is 0 Å². The maximum Gasteiger partial charge on any atom is 0.0181 e. The van der Waals surface area contributed by atoms with Crippen molar-refractivity contribution in [1.82, 2.24) is 0 Å². The van der Waals surface area contributed by atoms with Crippen molar-refractivity contribution < 1.29 is 0 Å². The van der Waals surface area contributed by atoms with Gasteiger partial charge in [-0.2, -0.15) is 0 Å². The minimum atomic E-state index is 0.373. The number of halogens is 1. The molecule has 0 aliphatic rings. The van der Waals surface area contributed by atoms with Crippen LogP contribution in [-0.4, -0.2) is 0 Å². The molecule has 0 aromatic heterocycles. The first kappa shape index (κ1) is 8.29. The van der Waals surface area contributed by atoms with Crippen molar-refractivity contribution in [3.63, 3.8) is 0 Å². The van der Waals surface area contributed by atoms with Gasteiger partial charge in [0.25, 0.3) is 0 Å². The minimum absolute atomic E-state index is 0.373. The van der Waals surface area contributed by atoms with Gasteiger partial charge in [-0.1, -0.05) is 26.7 Å². The van der Waals surface area contributed by atoms with Gasteiger partial charge in [0.2, 0.25) is 0 Å². The molecule has 0 aliphatic heterocycles. The highest BCUT2D eigenvalue weighted by atomic mass is 127.